The second-order valence-electron chi connectivity index (χ2n) is 9.50. The Morgan fingerprint density at radius 3 is 2.60 bits per heavy atom. The van der Waals surface area contributed by atoms with Crippen LogP contribution in [0.3, 0.4) is 0 Å². The van der Waals surface area contributed by atoms with Crippen molar-refractivity contribution in [2.24, 2.45) is 0 Å². The number of aromatic nitrogens is 2. The average molecular weight is 576 g/mol. The van der Waals surface area contributed by atoms with Crippen molar-refractivity contribution in [3.63, 3.8) is 0 Å². The molecule has 206 valence electrons. The van der Waals surface area contributed by atoms with E-state index in [0.29, 0.717) is 21.6 Å². The summed E-state index contributed by atoms with van der Waals surface area (Å²) in [6, 6.07) is 21.0. The van der Waals surface area contributed by atoms with Gasteiger partial charge in [-0.3, -0.25) is 9.78 Å². The first kappa shape index (κ1) is 27.6. The van der Waals surface area contributed by atoms with Gasteiger partial charge >= 0.3 is 0 Å². The summed E-state index contributed by atoms with van der Waals surface area (Å²) in [5, 5.41) is 7.61. The van der Waals surface area contributed by atoms with E-state index in [4.69, 9.17) is 33.3 Å². The number of aryl methyl sites for hydroxylation is 1. The quantitative estimate of drug-likeness (QED) is 0.253. The van der Waals surface area contributed by atoms with E-state index in [0.717, 1.165) is 34.0 Å². The van der Waals surface area contributed by atoms with E-state index < -0.39 is 0 Å². The number of amides is 1. The Morgan fingerprint density at radius 2 is 1.90 bits per heavy atom. The summed E-state index contributed by atoms with van der Waals surface area (Å²) in [5.41, 5.74) is 6.37. The molecule has 1 saturated heterocycles. The minimum atomic E-state index is -0.284. The fourth-order valence-corrected chi connectivity index (χ4v) is 5.84. The number of hydrogen-bond donors (Lipinski definition) is 2. The predicted molar refractivity (Wildman–Crippen MR) is 162 cm³/mol. The number of pyridine rings is 1. The summed E-state index contributed by atoms with van der Waals surface area (Å²) in [5.74, 6) is 0.247. The molecule has 1 fully saturated rings. The summed E-state index contributed by atoms with van der Waals surface area (Å²) < 4.78 is 12.7. The Labute approximate surface area is 243 Å². The van der Waals surface area contributed by atoms with E-state index in [9.17, 15) is 4.79 Å². The summed E-state index contributed by atoms with van der Waals surface area (Å²) >= 11 is 12.3. The molecule has 1 aliphatic rings. The van der Waals surface area contributed by atoms with Gasteiger partial charge in [0.05, 0.1) is 30.6 Å². The molecular weight excluding hydrogens is 546 g/mol. The van der Waals surface area contributed by atoms with Crippen LogP contribution in [0.5, 0.6) is 5.75 Å². The van der Waals surface area contributed by atoms with Crippen molar-refractivity contribution in [3.8, 4) is 11.4 Å². The molecule has 0 unspecified atom stereocenters. The molecule has 0 bridgehead atoms. The molecule has 5 rings (SSSR count). The number of carbonyl (C=O) groups excluding carboxylic acids is 1. The molecular formula is C30H30ClN5O3S. The van der Waals surface area contributed by atoms with Gasteiger partial charge in [-0.15, -0.1) is 0 Å². The minimum Gasteiger partial charge on any atom is -0.495 e. The third kappa shape index (κ3) is 5.28. The minimum absolute atomic E-state index is 0.0725. The first-order valence-corrected chi connectivity index (χ1v) is 13.5. The topological polar surface area (TPSA) is 80.7 Å². The number of methoxy groups -OCH3 is 2. The van der Waals surface area contributed by atoms with Crippen LogP contribution in [0.25, 0.3) is 5.69 Å². The zero-order valence-electron chi connectivity index (χ0n) is 22.6. The molecule has 2 N–H and O–H groups in total. The number of rotatable bonds is 8. The molecule has 0 radical (unpaired) electrons. The van der Waals surface area contributed by atoms with Crippen molar-refractivity contribution in [3.05, 3.63) is 101 Å². The number of nitrogens with one attached hydrogen (secondary N) is 2. The third-order valence-electron chi connectivity index (χ3n) is 6.96. The van der Waals surface area contributed by atoms with Crippen LogP contribution in [-0.4, -0.2) is 41.4 Å². The van der Waals surface area contributed by atoms with Crippen molar-refractivity contribution < 1.29 is 14.3 Å². The molecule has 2 aromatic heterocycles. The van der Waals surface area contributed by atoms with Gasteiger partial charge in [-0.25, -0.2) is 0 Å². The number of hydrogen-bond acceptors (Lipinski definition) is 5. The number of halogens is 1. The number of ether oxygens (including phenoxy) is 2. The summed E-state index contributed by atoms with van der Waals surface area (Å²) in [6.07, 6.45) is 1.78. The van der Waals surface area contributed by atoms with Gasteiger partial charge in [-0.1, -0.05) is 23.7 Å². The first-order valence-electron chi connectivity index (χ1n) is 12.7. The predicted octanol–water partition coefficient (Wildman–Crippen LogP) is 5.91. The highest BCUT2D eigenvalue weighted by molar-refractivity contribution is 7.80. The van der Waals surface area contributed by atoms with Gasteiger partial charge in [0, 0.05) is 41.1 Å². The Morgan fingerprint density at radius 1 is 1.07 bits per heavy atom. The van der Waals surface area contributed by atoms with Crippen LogP contribution >= 0.6 is 23.8 Å². The number of nitrogens with zero attached hydrogens (tertiary/aromatic N) is 3. The summed E-state index contributed by atoms with van der Waals surface area (Å²) in [6.45, 7) is 4.11. The molecule has 1 amide bonds. The van der Waals surface area contributed by atoms with Crippen LogP contribution in [0.1, 0.15) is 34.7 Å². The van der Waals surface area contributed by atoms with Gasteiger partial charge in [0.2, 0.25) is 5.91 Å². The van der Waals surface area contributed by atoms with Crippen LogP contribution in [0, 0.1) is 13.8 Å². The van der Waals surface area contributed by atoms with E-state index in [1.807, 2.05) is 60.7 Å². The number of carbonyl (C=O) groups is 1. The summed E-state index contributed by atoms with van der Waals surface area (Å²) in [7, 11) is 3.04. The van der Waals surface area contributed by atoms with E-state index in [-0.39, 0.29) is 24.6 Å². The highest BCUT2D eigenvalue weighted by atomic mass is 35.5. The second-order valence-corrected chi connectivity index (χ2v) is 10.3. The van der Waals surface area contributed by atoms with Crippen molar-refractivity contribution in [2.75, 3.05) is 31.0 Å². The van der Waals surface area contributed by atoms with Gasteiger partial charge < -0.3 is 29.6 Å². The lowest BCUT2D eigenvalue weighted by atomic mass is 9.96. The fraction of sp³-hybridized carbons (Fsp3) is 0.233. The highest BCUT2D eigenvalue weighted by Gasteiger charge is 2.42. The molecule has 1 aliphatic heterocycles. The first-order chi connectivity index (χ1) is 19.3. The van der Waals surface area contributed by atoms with Crippen molar-refractivity contribution in [1.29, 1.82) is 0 Å². The molecule has 10 heteroatoms. The molecule has 0 aliphatic carbocycles. The normalized spacial score (nSPS) is 16.6. The lowest BCUT2D eigenvalue weighted by Crippen LogP contribution is -2.29. The fourth-order valence-electron chi connectivity index (χ4n) is 5.31. The van der Waals surface area contributed by atoms with Crippen molar-refractivity contribution in [2.45, 2.75) is 25.9 Å². The zero-order valence-corrected chi connectivity index (χ0v) is 24.2. The number of thiocarbonyl (C=S) groups is 1. The van der Waals surface area contributed by atoms with Crippen LogP contribution < -0.4 is 20.3 Å². The lowest BCUT2D eigenvalue weighted by molar-refractivity contribution is -0.119. The Hall–Kier alpha value is -3.92. The lowest BCUT2D eigenvalue weighted by Gasteiger charge is -2.29. The average Bonchev–Trinajstić information content (AvgIpc) is 3.44. The second kappa shape index (κ2) is 11.7. The molecule has 40 heavy (non-hydrogen) atoms. The van der Waals surface area contributed by atoms with Gasteiger partial charge in [-0.05, 0) is 86.2 Å². The molecule has 8 nitrogen and oxygen atoms in total. The number of benzene rings is 2. The molecule has 2 atom stereocenters. The van der Waals surface area contributed by atoms with Crippen molar-refractivity contribution >= 4 is 46.2 Å². The maximum absolute atomic E-state index is 12.4. The standard InChI is InChI=1S/C30H30ClN5O3S/c1-18-14-23(19(2)35(18)21-9-7-8-20(31)15-21)29-28(24-10-5-6-13-32-24)34-30(40)36(29)22-11-12-26(39-4)25(16-22)33-27(37)17-38-3/h5-16,28-29H,17H2,1-4H3,(H,33,37)(H,34,40)/t28-,29+/m0/s1. The van der Waals surface area contributed by atoms with Crippen LogP contribution in [-0.2, 0) is 9.53 Å². The smallest absolute Gasteiger partial charge is 0.250 e. The van der Waals surface area contributed by atoms with Gasteiger partial charge in [-0.2, -0.15) is 0 Å². The molecule has 3 heterocycles. The van der Waals surface area contributed by atoms with Gasteiger partial charge in [0.1, 0.15) is 12.4 Å². The monoisotopic (exact) mass is 575 g/mol. The highest BCUT2D eigenvalue weighted by Crippen LogP contribution is 2.45. The Bertz CT molecular complexity index is 1560. The van der Waals surface area contributed by atoms with Crippen LogP contribution in [0.2, 0.25) is 5.02 Å². The van der Waals surface area contributed by atoms with Gasteiger partial charge in [0.25, 0.3) is 0 Å². The Balaban J connectivity index is 1.65. The molecule has 0 saturated carbocycles. The number of anilines is 2. The maximum atomic E-state index is 12.4. The largest absolute Gasteiger partial charge is 0.495 e. The maximum Gasteiger partial charge on any atom is 0.250 e. The van der Waals surface area contributed by atoms with Crippen molar-refractivity contribution in [1.82, 2.24) is 14.9 Å². The van der Waals surface area contributed by atoms with E-state index in [1.165, 1.54) is 7.11 Å². The van der Waals surface area contributed by atoms with E-state index in [1.54, 1.807) is 13.3 Å². The van der Waals surface area contributed by atoms with Crippen LogP contribution in [0.15, 0.2) is 72.9 Å². The molecule has 4 aromatic rings. The molecule has 0 spiro atoms. The van der Waals surface area contributed by atoms with E-state index >= 15 is 0 Å². The molecule has 2 aromatic carbocycles. The van der Waals surface area contributed by atoms with E-state index in [2.05, 4.69) is 45.0 Å². The zero-order chi connectivity index (χ0) is 28.4. The SMILES string of the molecule is COCC(=O)Nc1cc(N2C(=S)N[C@@H](c3ccccn3)[C@H]2c2cc(C)n(-c3cccc(Cl)c3)c2C)ccc1OC. The third-order valence-corrected chi connectivity index (χ3v) is 7.51. The van der Waals surface area contributed by atoms with Gasteiger partial charge in [0.15, 0.2) is 5.11 Å². The Kier molecular flexibility index (Phi) is 8.07. The van der Waals surface area contributed by atoms with Crippen LogP contribution in [0.4, 0.5) is 11.4 Å². The summed E-state index contributed by atoms with van der Waals surface area (Å²) in [4.78, 5) is 19.1.